The zero-order valence-electron chi connectivity index (χ0n) is 12.2. The molecule has 2 fully saturated rings. The molecule has 2 unspecified atom stereocenters. The van der Waals surface area contributed by atoms with Crippen molar-refractivity contribution in [3.05, 3.63) is 24.2 Å². The van der Waals surface area contributed by atoms with Crippen LogP contribution in [0.1, 0.15) is 44.4 Å². The van der Waals surface area contributed by atoms with E-state index in [9.17, 15) is 4.79 Å². The summed E-state index contributed by atoms with van der Waals surface area (Å²) in [4.78, 5) is 14.9. The van der Waals surface area contributed by atoms with Gasteiger partial charge in [0, 0.05) is 12.5 Å². The highest BCUT2D eigenvalue weighted by molar-refractivity contribution is 5.79. The third-order valence-corrected chi connectivity index (χ3v) is 4.71. The van der Waals surface area contributed by atoms with Gasteiger partial charge in [-0.05, 0) is 56.8 Å². The Bertz CT molecular complexity index is 437. The minimum absolute atomic E-state index is 0.135. The predicted molar refractivity (Wildman–Crippen MR) is 77.2 cm³/mol. The Labute approximate surface area is 120 Å². The van der Waals surface area contributed by atoms with Crippen LogP contribution in [0.2, 0.25) is 0 Å². The van der Waals surface area contributed by atoms with Crippen LogP contribution in [0, 0.1) is 11.8 Å². The molecule has 0 aliphatic carbocycles. The third kappa shape index (κ3) is 2.75. The van der Waals surface area contributed by atoms with Crippen molar-refractivity contribution in [1.82, 2.24) is 10.2 Å². The summed E-state index contributed by atoms with van der Waals surface area (Å²) in [5, 5.41) is 3.33. The van der Waals surface area contributed by atoms with Crippen LogP contribution in [-0.2, 0) is 4.79 Å². The summed E-state index contributed by atoms with van der Waals surface area (Å²) >= 11 is 0. The standard InChI is InChI=1S/C16H24N2O2/c1-12-6-9-18(14(11-12)15-3-2-10-20-15)16(19)13-4-7-17-8-5-13/h2-3,10,12-14,17H,4-9,11H2,1H3. The van der Waals surface area contributed by atoms with Gasteiger partial charge < -0.3 is 14.6 Å². The fourth-order valence-corrected chi connectivity index (χ4v) is 3.46. The van der Waals surface area contributed by atoms with Gasteiger partial charge in [0.05, 0.1) is 12.3 Å². The molecule has 1 N–H and O–H groups in total. The molecule has 2 aliphatic heterocycles. The first-order valence-corrected chi connectivity index (χ1v) is 7.80. The first-order valence-electron chi connectivity index (χ1n) is 7.80. The first-order chi connectivity index (χ1) is 9.75. The lowest BCUT2D eigenvalue weighted by Crippen LogP contribution is -2.45. The second kappa shape index (κ2) is 6.00. The van der Waals surface area contributed by atoms with E-state index in [0.717, 1.165) is 51.1 Å². The van der Waals surface area contributed by atoms with E-state index in [1.54, 1.807) is 6.26 Å². The summed E-state index contributed by atoms with van der Waals surface area (Å²) in [6, 6.07) is 4.06. The molecule has 0 saturated carbocycles. The Morgan fingerprint density at radius 2 is 2.15 bits per heavy atom. The molecule has 3 heterocycles. The Balaban J connectivity index is 1.76. The molecule has 2 aliphatic rings. The van der Waals surface area contributed by atoms with Crippen LogP contribution in [-0.4, -0.2) is 30.4 Å². The van der Waals surface area contributed by atoms with Crippen molar-refractivity contribution in [2.75, 3.05) is 19.6 Å². The predicted octanol–water partition coefficient (Wildman–Crippen LogP) is 2.58. The molecule has 1 aromatic heterocycles. The topological polar surface area (TPSA) is 45.5 Å². The average molecular weight is 276 g/mol. The molecule has 20 heavy (non-hydrogen) atoms. The maximum atomic E-state index is 12.8. The van der Waals surface area contributed by atoms with Gasteiger partial charge >= 0.3 is 0 Å². The SMILES string of the molecule is CC1CCN(C(=O)C2CCNCC2)C(c2ccco2)C1. The number of carbonyl (C=O) groups is 1. The molecule has 4 nitrogen and oxygen atoms in total. The van der Waals surface area contributed by atoms with E-state index in [1.807, 2.05) is 12.1 Å². The van der Waals surface area contributed by atoms with E-state index in [-0.39, 0.29) is 12.0 Å². The fourth-order valence-electron chi connectivity index (χ4n) is 3.46. The van der Waals surface area contributed by atoms with E-state index < -0.39 is 0 Å². The van der Waals surface area contributed by atoms with Crippen LogP contribution in [0.4, 0.5) is 0 Å². The van der Waals surface area contributed by atoms with Gasteiger partial charge in [0.2, 0.25) is 5.91 Å². The summed E-state index contributed by atoms with van der Waals surface area (Å²) in [5.74, 6) is 2.13. The molecule has 0 radical (unpaired) electrons. The Kier molecular flexibility index (Phi) is 4.10. The molecule has 1 amide bonds. The van der Waals surface area contributed by atoms with Gasteiger partial charge in [0.1, 0.15) is 5.76 Å². The van der Waals surface area contributed by atoms with Crippen LogP contribution < -0.4 is 5.32 Å². The quantitative estimate of drug-likeness (QED) is 0.903. The summed E-state index contributed by atoms with van der Waals surface area (Å²) in [5.41, 5.74) is 0. The van der Waals surface area contributed by atoms with E-state index in [0.29, 0.717) is 11.8 Å². The van der Waals surface area contributed by atoms with Gasteiger partial charge in [0.15, 0.2) is 0 Å². The van der Waals surface area contributed by atoms with Gasteiger partial charge in [-0.1, -0.05) is 6.92 Å². The average Bonchev–Trinajstić information content (AvgIpc) is 3.01. The van der Waals surface area contributed by atoms with Gasteiger partial charge in [0.25, 0.3) is 0 Å². The highest BCUT2D eigenvalue weighted by Gasteiger charge is 2.35. The van der Waals surface area contributed by atoms with Crippen LogP contribution in [0.15, 0.2) is 22.8 Å². The van der Waals surface area contributed by atoms with Gasteiger partial charge in [-0.2, -0.15) is 0 Å². The summed E-state index contributed by atoms with van der Waals surface area (Å²) in [6.07, 6.45) is 5.77. The monoisotopic (exact) mass is 276 g/mol. The number of hydrogen-bond donors (Lipinski definition) is 1. The molecule has 2 saturated heterocycles. The number of carbonyl (C=O) groups excluding carboxylic acids is 1. The molecule has 0 spiro atoms. The molecule has 4 heteroatoms. The van der Waals surface area contributed by atoms with Crippen LogP contribution in [0.3, 0.4) is 0 Å². The van der Waals surface area contributed by atoms with E-state index in [4.69, 9.17) is 4.42 Å². The van der Waals surface area contributed by atoms with Crippen molar-refractivity contribution in [2.24, 2.45) is 11.8 Å². The fraction of sp³-hybridized carbons (Fsp3) is 0.688. The van der Waals surface area contributed by atoms with Crippen molar-refractivity contribution in [3.8, 4) is 0 Å². The zero-order chi connectivity index (χ0) is 13.9. The van der Waals surface area contributed by atoms with E-state index in [1.165, 1.54) is 0 Å². The number of piperidine rings is 2. The Hall–Kier alpha value is -1.29. The minimum Gasteiger partial charge on any atom is -0.467 e. The molecule has 2 atom stereocenters. The first kappa shape index (κ1) is 13.7. The Morgan fingerprint density at radius 3 is 2.85 bits per heavy atom. The van der Waals surface area contributed by atoms with E-state index >= 15 is 0 Å². The van der Waals surface area contributed by atoms with Gasteiger partial charge in [-0.15, -0.1) is 0 Å². The van der Waals surface area contributed by atoms with Crippen molar-refractivity contribution in [1.29, 1.82) is 0 Å². The lowest BCUT2D eigenvalue weighted by Gasteiger charge is -2.40. The molecule has 0 bridgehead atoms. The smallest absolute Gasteiger partial charge is 0.226 e. The number of rotatable bonds is 2. The molecule has 1 aromatic rings. The van der Waals surface area contributed by atoms with Crippen molar-refractivity contribution in [2.45, 2.75) is 38.6 Å². The van der Waals surface area contributed by atoms with E-state index in [2.05, 4.69) is 17.1 Å². The second-order valence-electron chi connectivity index (χ2n) is 6.22. The maximum absolute atomic E-state index is 12.8. The highest BCUT2D eigenvalue weighted by Crippen LogP contribution is 2.35. The number of nitrogens with one attached hydrogen (secondary N) is 1. The van der Waals surface area contributed by atoms with Crippen molar-refractivity contribution >= 4 is 5.91 Å². The molecule has 110 valence electrons. The van der Waals surface area contributed by atoms with Crippen LogP contribution >= 0.6 is 0 Å². The molecule has 0 aromatic carbocycles. The molecular weight excluding hydrogens is 252 g/mol. The largest absolute Gasteiger partial charge is 0.467 e. The van der Waals surface area contributed by atoms with Crippen molar-refractivity contribution in [3.63, 3.8) is 0 Å². The maximum Gasteiger partial charge on any atom is 0.226 e. The Morgan fingerprint density at radius 1 is 1.35 bits per heavy atom. The third-order valence-electron chi connectivity index (χ3n) is 4.71. The lowest BCUT2D eigenvalue weighted by molar-refractivity contribution is -0.141. The summed E-state index contributed by atoms with van der Waals surface area (Å²) in [7, 11) is 0. The number of furan rings is 1. The second-order valence-corrected chi connectivity index (χ2v) is 6.22. The highest BCUT2D eigenvalue weighted by atomic mass is 16.3. The number of hydrogen-bond acceptors (Lipinski definition) is 3. The number of likely N-dealkylation sites (tertiary alicyclic amines) is 1. The normalized spacial score (nSPS) is 28.6. The number of nitrogens with zero attached hydrogens (tertiary/aromatic N) is 1. The summed E-state index contributed by atoms with van der Waals surface area (Å²) in [6.45, 7) is 5.07. The minimum atomic E-state index is 0.135. The molecule has 3 rings (SSSR count). The van der Waals surface area contributed by atoms with Crippen LogP contribution in [0.5, 0.6) is 0 Å². The van der Waals surface area contributed by atoms with Crippen LogP contribution in [0.25, 0.3) is 0 Å². The summed E-state index contributed by atoms with van der Waals surface area (Å²) < 4.78 is 5.58. The van der Waals surface area contributed by atoms with Gasteiger partial charge in [-0.25, -0.2) is 0 Å². The molecular formula is C16H24N2O2. The van der Waals surface area contributed by atoms with Gasteiger partial charge in [-0.3, -0.25) is 4.79 Å². The zero-order valence-corrected chi connectivity index (χ0v) is 12.2. The van der Waals surface area contributed by atoms with Crippen molar-refractivity contribution < 1.29 is 9.21 Å². The lowest BCUT2D eigenvalue weighted by atomic mass is 9.88. The number of amides is 1.